The van der Waals surface area contributed by atoms with Gasteiger partial charge in [0.05, 0.1) is 0 Å². The van der Waals surface area contributed by atoms with Crippen molar-refractivity contribution in [3.05, 3.63) is 22.4 Å². The van der Waals surface area contributed by atoms with E-state index in [1.165, 1.54) is 18.4 Å². The summed E-state index contributed by atoms with van der Waals surface area (Å²) in [5.41, 5.74) is 1.40. The summed E-state index contributed by atoms with van der Waals surface area (Å²) < 4.78 is 0. The minimum absolute atomic E-state index is 0. The largest absolute Gasteiger partial charge is 0.356 e. The summed E-state index contributed by atoms with van der Waals surface area (Å²) >= 11 is 1.75. The van der Waals surface area contributed by atoms with Crippen molar-refractivity contribution in [3.8, 4) is 0 Å². The molecule has 0 aliphatic rings. The minimum Gasteiger partial charge on any atom is -0.356 e. The fourth-order valence-electron chi connectivity index (χ4n) is 1.96. The molecule has 1 atom stereocenters. The quantitative estimate of drug-likeness (QED) is 0.405. The normalized spacial score (nSPS) is 12.9. The van der Waals surface area contributed by atoms with Gasteiger partial charge in [-0.1, -0.05) is 33.6 Å². The van der Waals surface area contributed by atoms with Gasteiger partial charge >= 0.3 is 0 Å². The number of hydrogen-bond donors (Lipinski definition) is 2. The third kappa shape index (κ3) is 6.92. The van der Waals surface area contributed by atoms with Gasteiger partial charge in [-0.25, -0.2) is 0 Å². The number of halogens is 1. The Morgan fingerprint density at radius 1 is 1.25 bits per heavy atom. The van der Waals surface area contributed by atoms with Crippen LogP contribution in [0.5, 0.6) is 0 Å². The molecule has 0 aliphatic heterocycles. The van der Waals surface area contributed by atoms with Crippen molar-refractivity contribution in [3.63, 3.8) is 0 Å². The van der Waals surface area contributed by atoms with E-state index in [9.17, 15) is 0 Å². The number of guanidine groups is 1. The van der Waals surface area contributed by atoms with Crippen LogP contribution in [0.1, 0.15) is 45.1 Å². The highest BCUT2D eigenvalue weighted by molar-refractivity contribution is 14.0. The lowest BCUT2D eigenvalue weighted by molar-refractivity contribution is 0.481. The second-order valence-corrected chi connectivity index (χ2v) is 5.75. The maximum absolute atomic E-state index is 4.28. The van der Waals surface area contributed by atoms with Gasteiger partial charge in [-0.3, -0.25) is 4.99 Å². The van der Waals surface area contributed by atoms with E-state index in [-0.39, 0.29) is 24.0 Å². The lowest BCUT2D eigenvalue weighted by Crippen LogP contribution is -2.41. The van der Waals surface area contributed by atoms with E-state index in [0.29, 0.717) is 5.92 Å². The molecule has 0 radical (unpaired) electrons. The van der Waals surface area contributed by atoms with Gasteiger partial charge in [-0.15, -0.1) is 24.0 Å². The van der Waals surface area contributed by atoms with Crippen LogP contribution in [0.25, 0.3) is 0 Å². The fourth-order valence-corrected chi connectivity index (χ4v) is 2.74. The van der Waals surface area contributed by atoms with Crippen molar-refractivity contribution in [2.24, 2.45) is 10.9 Å². The summed E-state index contributed by atoms with van der Waals surface area (Å²) in [6, 6.07) is 2.19. The molecule has 0 amide bonds. The lowest BCUT2D eigenvalue weighted by Gasteiger charge is -2.18. The number of rotatable bonds is 7. The summed E-state index contributed by atoms with van der Waals surface area (Å²) in [6.07, 6.45) is 2.43. The Hall–Kier alpha value is -0.300. The van der Waals surface area contributed by atoms with Gasteiger partial charge in [-0.2, -0.15) is 11.3 Å². The summed E-state index contributed by atoms with van der Waals surface area (Å²) in [7, 11) is 1.83. The van der Waals surface area contributed by atoms with Gasteiger partial charge in [0.1, 0.15) is 0 Å². The lowest BCUT2D eigenvalue weighted by atomic mass is 10.0. The predicted octanol–water partition coefficient (Wildman–Crippen LogP) is 4.07. The molecule has 0 aromatic carbocycles. The van der Waals surface area contributed by atoms with E-state index < -0.39 is 0 Å². The Kier molecular flexibility index (Phi) is 11.2. The Balaban J connectivity index is 0.00000361. The van der Waals surface area contributed by atoms with Gasteiger partial charge in [0.15, 0.2) is 5.96 Å². The van der Waals surface area contributed by atoms with Crippen molar-refractivity contribution in [1.82, 2.24) is 10.6 Å². The van der Waals surface area contributed by atoms with Crippen molar-refractivity contribution >= 4 is 41.3 Å². The number of hydrogen-bond acceptors (Lipinski definition) is 2. The van der Waals surface area contributed by atoms with Gasteiger partial charge < -0.3 is 10.6 Å². The molecule has 3 nitrogen and oxygen atoms in total. The zero-order chi connectivity index (χ0) is 14.1. The Morgan fingerprint density at radius 2 is 1.90 bits per heavy atom. The SMILES string of the molecule is CCC(CC)CNC(=NC)NCC(C)c1ccsc1.I. The summed E-state index contributed by atoms with van der Waals surface area (Å²) in [5.74, 6) is 2.15. The van der Waals surface area contributed by atoms with Crippen molar-refractivity contribution in [1.29, 1.82) is 0 Å². The van der Waals surface area contributed by atoms with Crippen LogP contribution in [-0.4, -0.2) is 26.1 Å². The predicted molar refractivity (Wildman–Crippen MR) is 102 cm³/mol. The second kappa shape index (κ2) is 11.4. The molecule has 0 bridgehead atoms. The smallest absolute Gasteiger partial charge is 0.191 e. The van der Waals surface area contributed by atoms with E-state index in [2.05, 4.69) is 53.2 Å². The number of nitrogens with zero attached hydrogens (tertiary/aromatic N) is 1. The standard InChI is InChI=1S/C15H27N3S.HI/c1-5-13(6-2)10-18-15(16-4)17-9-12(3)14-7-8-19-11-14;/h7-8,11-13H,5-6,9-10H2,1-4H3,(H2,16,17,18);1H. The van der Waals surface area contributed by atoms with Crippen molar-refractivity contribution in [2.45, 2.75) is 39.5 Å². The molecule has 5 heteroatoms. The Bertz CT molecular complexity index is 361. The molecule has 20 heavy (non-hydrogen) atoms. The third-order valence-corrected chi connectivity index (χ3v) is 4.33. The van der Waals surface area contributed by atoms with Crippen LogP contribution in [0.2, 0.25) is 0 Å². The van der Waals surface area contributed by atoms with Crippen molar-refractivity contribution < 1.29 is 0 Å². The highest BCUT2D eigenvalue weighted by Crippen LogP contribution is 2.16. The van der Waals surface area contributed by atoms with Crippen LogP contribution in [0.3, 0.4) is 0 Å². The van der Waals surface area contributed by atoms with Crippen LogP contribution in [0.4, 0.5) is 0 Å². The molecule has 0 fully saturated rings. The maximum Gasteiger partial charge on any atom is 0.191 e. The van der Waals surface area contributed by atoms with Crippen molar-refractivity contribution in [2.75, 3.05) is 20.1 Å². The highest BCUT2D eigenvalue weighted by Gasteiger charge is 2.08. The molecule has 0 spiro atoms. The molecule has 116 valence electrons. The first-order valence-corrected chi connectivity index (χ1v) is 8.12. The molecule has 1 unspecified atom stereocenters. The maximum atomic E-state index is 4.28. The molecule has 0 saturated carbocycles. The zero-order valence-corrected chi connectivity index (χ0v) is 16.1. The molecule has 2 N–H and O–H groups in total. The van der Waals surface area contributed by atoms with E-state index in [0.717, 1.165) is 25.0 Å². The average Bonchev–Trinajstić information content (AvgIpc) is 2.97. The summed E-state index contributed by atoms with van der Waals surface area (Å²) in [5, 5.41) is 11.2. The zero-order valence-electron chi connectivity index (χ0n) is 13.0. The van der Waals surface area contributed by atoms with Gasteiger partial charge in [-0.05, 0) is 34.2 Å². The Labute approximate surface area is 144 Å². The molecule has 0 saturated heterocycles. The highest BCUT2D eigenvalue weighted by atomic mass is 127. The van der Waals surface area contributed by atoms with Gasteiger partial charge in [0.2, 0.25) is 0 Å². The monoisotopic (exact) mass is 409 g/mol. The van der Waals surface area contributed by atoms with E-state index >= 15 is 0 Å². The first-order chi connectivity index (χ1) is 9.21. The van der Waals surface area contributed by atoms with Crippen LogP contribution >= 0.6 is 35.3 Å². The molecule has 1 heterocycles. The number of nitrogens with one attached hydrogen (secondary N) is 2. The van der Waals surface area contributed by atoms with Crippen LogP contribution in [0.15, 0.2) is 21.8 Å². The Morgan fingerprint density at radius 3 is 2.40 bits per heavy atom. The molecule has 1 rings (SSSR count). The van der Waals surface area contributed by atoms with Gasteiger partial charge in [0.25, 0.3) is 0 Å². The van der Waals surface area contributed by atoms with E-state index in [4.69, 9.17) is 0 Å². The summed E-state index contributed by atoms with van der Waals surface area (Å²) in [6.45, 7) is 8.64. The molecule has 0 aliphatic carbocycles. The molecular weight excluding hydrogens is 381 g/mol. The third-order valence-electron chi connectivity index (χ3n) is 3.62. The topological polar surface area (TPSA) is 36.4 Å². The first kappa shape index (κ1) is 19.7. The van der Waals surface area contributed by atoms with Crippen LogP contribution < -0.4 is 10.6 Å². The molecule has 1 aromatic rings. The van der Waals surface area contributed by atoms with Gasteiger partial charge in [0, 0.05) is 20.1 Å². The second-order valence-electron chi connectivity index (χ2n) is 4.97. The van der Waals surface area contributed by atoms with E-state index in [1.54, 1.807) is 11.3 Å². The molecule has 1 aromatic heterocycles. The van der Waals surface area contributed by atoms with Crippen LogP contribution in [-0.2, 0) is 0 Å². The molecular formula is C15H28IN3S. The fraction of sp³-hybridized carbons (Fsp3) is 0.667. The van der Waals surface area contributed by atoms with Crippen LogP contribution in [0, 0.1) is 5.92 Å². The summed E-state index contributed by atoms with van der Waals surface area (Å²) in [4.78, 5) is 4.28. The number of thiophene rings is 1. The average molecular weight is 409 g/mol. The first-order valence-electron chi connectivity index (χ1n) is 7.17. The minimum atomic E-state index is 0. The number of aliphatic imine (C=N–C) groups is 1. The van der Waals surface area contributed by atoms with E-state index in [1.807, 2.05) is 7.05 Å².